The van der Waals surface area contributed by atoms with Crippen molar-refractivity contribution in [1.82, 2.24) is 5.09 Å². The molecule has 0 aliphatic heterocycles. The molecular formula is C10H12Cl2NO4P. The van der Waals surface area contributed by atoms with Crippen LogP contribution in [0.15, 0.2) is 24.3 Å². The highest BCUT2D eigenvalue weighted by Crippen LogP contribution is 2.48. The summed E-state index contributed by atoms with van der Waals surface area (Å²) in [4.78, 5) is 11.1. The lowest BCUT2D eigenvalue weighted by Gasteiger charge is -2.17. The topological polar surface area (TPSA) is 64.6 Å². The van der Waals surface area contributed by atoms with Crippen LogP contribution in [0.3, 0.4) is 0 Å². The summed E-state index contributed by atoms with van der Waals surface area (Å²) in [5.74, 6) is -0.308. The van der Waals surface area contributed by atoms with E-state index in [1.165, 1.54) is 26.2 Å². The van der Waals surface area contributed by atoms with E-state index in [2.05, 4.69) is 9.82 Å². The molecule has 5 nitrogen and oxygen atoms in total. The Kier molecular flexibility index (Phi) is 5.47. The van der Waals surface area contributed by atoms with Crippen LogP contribution in [0.2, 0.25) is 5.02 Å². The number of rotatable bonds is 5. The van der Waals surface area contributed by atoms with Crippen LogP contribution in [0, 0.1) is 0 Å². The predicted octanol–water partition coefficient (Wildman–Crippen LogP) is 3.22. The number of esters is 1. The highest BCUT2D eigenvalue weighted by atomic mass is 35.7. The number of hydrogen-bond donors (Lipinski definition) is 1. The van der Waals surface area contributed by atoms with Gasteiger partial charge < -0.3 is 9.26 Å². The van der Waals surface area contributed by atoms with E-state index in [9.17, 15) is 9.36 Å². The molecule has 18 heavy (non-hydrogen) atoms. The van der Waals surface area contributed by atoms with Crippen LogP contribution in [-0.2, 0) is 14.1 Å². The highest BCUT2D eigenvalue weighted by molar-refractivity contribution is 7.84. The summed E-state index contributed by atoms with van der Waals surface area (Å²) >= 11 is 11.4. The second kappa shape index (κ2) is 6.43. The molecule has 1 N–H and O–H groups in total. The molecule has 0 fully saturated rings. The zero-order valence-corrected chi connectivity index (χ0v) is 12.1. The summed E-state index contributed by atoms with van der Waals surface area (Å²) in [6.07, 6.45) is 0. The van der Waals surface area contributed by atoms with E-state index in [1.54, 1.807) is 12.1 Å². The Morgan fingerprint density at radius 3 is 2.44 bits per heavy atom. The molecule has 0 amide bonds. The minimum atomic E-state index is -3.67. The van der Waals surface area contributed by atoms with Gasteiger partial charge in [-0.2, -0.15) is 0 Å². The summed E-state index contributed by atoms with van der Waals surface area (Å²) in [6.45, 7) is -2.21. The van der Waals surface area contributed by atoms with Gasteiger partial charge in [0.2, 0.25) is 0 Å². The quantitative estimate of drug-likeness (QED) is 0.668. The van der Waals surface area contributed by atoms with Crippen molar-refractivity contribution in [3.05, 3.63) is 29.3 Å². The fourth-order valence-electron chi connectivity index (χ4n) is 1.12. The Bertz CT molecular complexity index is 465. The maximum absolute atomic E-state index is 11.9. The van der Waals surface area contributed by atoms with E-state index >= 15 is 0 Å². The average Bonchev–Trinajstić information content (AvgIpc) is 2.30. The van der Waals surface area contributed by atoms with Gasteiger partial charge in [0, 0.05) is 16.3 Å². The fourth-order valence-corrected chi connectivity index (χ4v) is 2.94. The van der Waals surface area contributed by atoms with Crippen LogP contribution in [0.25, 0.3) is 0 Å². The summed E-state index contributed by atoms with van der Waals surface area (Å²) in [7, 11) is 1.22. The first-order valence-electron chi connectivity index (χ1n) is 4.94. The zero-order chi connectivity index (χ0) is 13.8. The van der Waals surface area contributed by atoms with Gasteiger partial charge in [-0.15, -0.1) is 0 Å². The summed E-state index contributed by atoms with van der Waals surface area (Å²) in [6, 6.07) is 5.32. The molecule has 2 unspecified atom stereocenters. The molecule has 1 aromatic rings. The van der Waals surface area contributed by atoms with Crippen molar-refractivity contribution < 1.29 is 18.6 Å². The number of methoxy groups -OCH3 is 1. The van der Waals surface area contributed by atoms with Crippen LogP contribution in [0.5, 0.6) is 5.75 Å². The second-order valence-electron chi connectivity index (χ2n) is 3.40. The van der Waals surface area contributed by atoms with Crippen molar-refractivity contribution >= 4 is 35.7 Å². The van der Waals surface area contributed by atoms with Gasteiger partial charge in [0.1, 0.15) is 11.8 Å². The summed E-state index contributed by atoms with van der Waals surface area (Å²) < 4.78 is 21.4. The van der Waals surface area contributed by atoms with Gasteiger partial charge in [0.15, 0.2) is 0 Å². The molecule has 1 rings (SSSR count). The Morgan fingerprint density at radius 1 is 1.39 bits per heavy atom. The van der Waals surface area contributed by atoms with Crippen molar-refractivity contribution in [3.63, 3.8) is 0 Å². The number of carbonyl (C=O) groups is 1. The first-order valence-corrected chi connectivity index (χ1v) is 7.85. The maximum Gasteiger partial charge on any atom is 0.409 e. The summed E-state index contributed by atoms with van der Waals surface area (Å²) in [5.41, 5.74) is 0. The van der Waals surface area contributed by atoms with Crippen molar-refractivity contribution in [1.29, 1.82) is 0 Å². The van der Waals surface area contributed by atoms with Gasteiger partial charge in [0.05, 0.1) is 7.11 Å². The van der Waals surface area contributed by atoms with Gasteiger partial charge in [-0.3, -0.25) is 4.79 Å². The van der Waals surface area contributed by atoms with Gasteiger partial charge in [-0.25, -0.2) is 9.65 Å². The number of nitrogens with one attached hydrogen (secondary N) is 1. The minimum Gasteiger partial charge on any atom is -0.468 e. The van der Waals surface area contributed by atoms with Crippen molar-refractivity contribution in [2.24, 2.45) is 0 Å². The van der Waals surface area contributed by atoms with Crippen LogP contribution >= 0.6 is 29.7 Å². The zero-order valence-electron chi connectivity index (χ0n) is 9.72. The Hall–Kier alpha value is -0.740. The molecule has 1 aromatic carbocycles. The third kappa shape index (κ3) is 4.86. The second-order valence-corrected chi connectivity index (χ2v) is 6.57. The monoisotopic (exact) mass is 311 g/mol. The lowest BCUT2D eigenvalue weighted by Crippen LogP contribution is -2.32. The van der Waals surface area contributed by atoms with Crippen LogP contribution in [-0.4, -0.2) is 19.1 Å². The molecule has 0 radical (unpaired) electrons. The van der Waals surface area contributed by atoms with Gasteiger partial charge in [-0.1, -0.05) is 11.6 Å². The number of ether oxygens (including phenoxy) is 1. The standard InChI is InChI=1S/C10H12Cl2NO4P/c1-7(10(14)16-2)13-18(12,15)17-9-5-3-8(11)4-6-9/h3-7H,1-2H3,(H,13,15). The van der Waals surface area contributed by atoms with E-state index in [4.69, 9.17) is 27.4 Å². The van der Waals surface area contributed by atoms with Crippen LogP contribution < -0.4 is 9.61 Å². The number of benzene rings is 1. The van der Waals surface area contributed by atoms with Crippen LogP contribution in [0.1, 0.15) is 6.92 Å². The molecule has 0 saturated carbocycles. The Balaban J connectivity index is 2.67. The average molecular weight is 312 g/mol. The van der Waals surface area contributed by atoms with E-state index in [0.717, 1.165) is 0 Å². The van der Waals surface area contributed by atoms with Gasteiger partial charge >= 0.3 is 12.8 Å². The minimum absolute atomic E-state index is 0.280. The molecule has 0 aliphatic carbocycles. The number of carbonyl (C=O) groups excluding carboxylic acids is 1. The SMILES string of the molecule is COC(=O)C(C)NP(=O)(Cl)Oc1ccc(Cl)cc1. The lowest BCUT2D eigenvalue weighted by atomic mass is 10.3. The molecule has 0 aliphatic rings. The fraction of sp³-hybridized carbons (Fsp3) is 0.300. The number of halogens is 2. The van der Waals surface area contributed by atoms with E-state index in [1.807, 2.05) is 0 Å². The maximum atomic E-state index is 11.9. The molecule has 0 saturated heterocycles. The van der Waals surface area contributed by atoms with Crippen molar-refractivity contribution in [2.75, 3.05) is 7.11 Å². The first kappa shape index (κ1) is 15.3. The normalized spacial score (nSPS) is 15.6. The highest BCUT2D eigenvalue weighted by Gasteiger charge is 2.27. The summed E-state index contributed by atoms with van der Waals surface area (Å²) in [5, 5.41) is 2.88. The largest absolute Gasteiger partial charge is 0.468 e. The smallest absolute Gasteiger partial charge is 0.409 e. The third-order valence-corrected chi connectivity index (χ3v) is 3.83. The molecular weight excluding hydrogens is 300 g/mol. The predicted molar refractivity (Wildman–Crippen MR) is 70.2 cm³/mol. The van der Waals surface area contributed by atoms with Gasteiger partial charge in [-0.05, 0) is 31.2 Å². The first-order chi connectivity index (χ1) is 8.34. The molecule has 8 heteroatoms. The molecule has 0 heterocycles. The molecule has 0 bridgehead atoms. The van der Waals surface area contributed by atoms with E-state index in [-0.39, 0.29) is 5.75 Å². The lowest BCUT2D eigenvalue weighted by molar-refractivity contribution is -0.142. The molecule has 0 spiro atoms. The van der Waals surface area contributed by atoms with Crippen molar-refractivity contribution in [3.8, 4) is 5.75 Å². The third-order valence-electron chi connectivity index (χ3n) is 1.94. The van der Waals surface area contributed by atoms with E-state index in [0.29, 0.717) is 5.02 Å². The van der Waals surface area contributed by atoms with Crippen LogP contribution in [0.4, 0.5) is 0 Å². The van der Waals surface area contributed by atoms with E-state index < -0.39 is 18.9 Å². The molecule has 2 atom stereocenters. The van der Waals surface area contributed by atoms with Gasteiger partial charge in [0.25, 0.3) is 0 Å². The number of hydrogen-bond acceptors (Lipinski definition) is 4. The Morgan fingerprint density at radius 2 is 1.94 bits per heavy atom. The Labute approximate surface area is 115 Å². The molecule has 0 aromatic heterocycles. The van der Waals surface area contributed by atoms with Crippen molar-refractivity contribution in [2.45, 2.75) is 13.0 Å². The molecule has 100 valence electrons.